The Balaban J connectivity index is 2.25. The van der Waals surface area contributed by atoms with E-state index in [-0.39, 0.29) is 5.91 Å². The molecular weight excluding hydrogens is 358 g/mol. The minimum Gasteiger partial charge on any atom is -0.496 e. The van der Waals surface area contributed by atoms with Crippen molar-refractivity contribution in [1.29, 1.82) is 0 Å². The molecule has 1 aromatic heterocycles. The molecule has 2 heterocycles. The smallest absolute Gasteiger partial charge is 0.339 e. The van der Waals surface area contributed by atoms with Gasteiger partial charge in [-0.25, -0.2) is 4.79 Å². The predicted molar refractivity (Wildman–Crippen MR) is 101 cm³/mol. The van der Waals surface area contributed by atoms with Crippen LogP contribution >= 0.6 is 11.8 Å². The Bertz CT molecular complexity index is 789. The van der Waals surface area contributed by atoms with Gasteiger partial charge in [0.15, 0.2) is 0 Å². The van der Waals surface area contributed by atoms with Crippen LogP contribution in [-0.2, 0) is 4.79 Å². The van der Waals surface area contributed by atoms with Gasteiger partial charge in [-0.15, -0.1) is 11.8 Å². The lowest BCUT2D eigenvalue weighted by Gasteiger charge is -2.24. The van der Waals surface area contributed by atoms with Crippen molar-refractivity contribution in [3.63, 3.8) is 0 Å². The average Bonchev–Trinajstić information content (AvgIpc) is 3.03. The summed E-state index contributed by atoms with van der Waals surface area (Å²) in [5.74, 6) is 0.872. The van der Waals surface area contributed by atoms with Crippen LogP contribution in [0.15, 0.2) is 31.5 Å². The van der Waals surface area contributed by atoms with Gasteiger partial charge in [-0.3, -0.25) is 9.79 Å². The number of rotatable bonds is 7. The van der Waals surface area contributed by atoms with Crippen LogP contribution < -0.4 is 15.7 Å². The van der Waals surface area contributed by atoms with Crippen molar-refractivity contribution in [2.45, 2.75) is 45.2 Å². The fraction of sp³-hybridized carbons (Fsp3) is 0.529. The maximum Gasteiger partial charge on any atom is 0.339 e. The maximum absolute atomic E-state index is 12.8. The Morgan fingerprint density at radius 1 is 1.58 bits per heavy atom. The second-order valence-corrected chi connectivity index (χ2v) is 7.16. The molecule has 9 heteroatoms. The number of nitrogens with one attached hydrogen (secondary N) is 1. The number of ether oxygens (including phenoxy) is 1. The fourth-order valence-corrected chi connectivity index (χ4v) is 3.62. The van der Waals surface area contributed by atoms with E-state index in [0.717, 1.165) is 6.42 Å². The molecule has 1 aliphatic heterocycles. The lowest BCUT2D eigenvalue weighted by atomic mass is 10.0. The van der Waals surface area contributed by atoms with E-state index < -0.39 is 17.2 Å². The zero-order chi connectivity index (χ0) is 19.3. The first-order chi connectivity index (χ1) is 12.3. The lowest BCUT2D eigenvalue weighted by Crippen LogP contribution is -2.45. The van der Waals surface area contributed by atoms with Crippen LogP contribution in [0.5, 0.6) is 5.75 Å². The van der Waals surface area contributed by atoms with Crippen LogP contribution in [0.1, 0.15) is 45.4 Å². The van der Waals surface area contributed by atoms with Crippen molar-refractivity contribution >= 4 is 28.4 Å². The fourth-order valence-electron chi connectivity index (χ4n) is 2.49. The van der Waals surface area contributed by atoms with E-state index in [1.54, 1.807) is 19.9 Å². The van der Waals surface area contributed by atoms with E-state index in [9.17, 15) is 9.59 Å². The molecule has 0 fully saturated rings. The van der Waals surface area contributed by atoms with E-state index >= 15 is 0 Å². The van der Waals surface area contributed by atoms with Crippen molar-refractivity contribution in [3.05, 3.63) is 28.3 Å². The van der Waals surface area contributed by atoms with Gasteiger partial charge in [0.1, 0.15) is 27.8 Å². The van der Waals surface area contributed by atoms with Crippen LogP contribution in [0, 0.1) is 0 Å². The topological polar surface area (TPSA) is 113 Å². The van der Waals surface area contributed by atoms with Crippen LogP contribution in [0.2, 0.25) is 0 Å². The standard InChI is InChI=1S/C17H23N3O5S/c1-5-6-12(13-7-11(24-4)8-14(21)25-13)18-16(22)17(3)9-26-15(19-17)10(2)20-23/h7-8,12,23H,5-6,9H2,1-4H3,(H,18,22)/b20-10+. The number of hydrogen-bond acceptors (Lipinski definition) is 8. The molecule has 26 heavy (non-hydrogen) atoms. The monoisotopic (exact) mass is 381 g/mol. The summed E-state index contributed by atoms with van der Waals surface area (Å²) in [6, 6.07) is 2.38. The van der Waals surface area contributed by atoms with Gasteiger partial charge in [-0.05, 0) is 20.3 Å². The van der Waals surface area contributed by atoms with Crippen molar-refractivity contribution in [2.24, 2.45) is 10.1 Å². The minimum absolute atomic E-state index is 0.283. The predicted octanol–water partition coefficient (Wildman–Crippen LogP) is 2.36. The molecule has 0 bridgehead atoms. The van der Waals surface area contributed by atoms with E-state index in [2.05, 4.69) is 15.5 Å². The number of aliphatic imine (C=N–C) groups is 1. The SMILES string of the molecule is CCCC(NC(=O)C1(C)CSC(/C(C)=N/O)=N1)c1cc(OC)cc(=O)o1. The number of nitrogens with zero attached hydrogens (tertiary/aromatic N) is 2. The first-order valence-corrected chi connectivity index (χ1v) is 9.23. The van der Waals surface area contributed by atoms with Crippen molar-refractivity contribution < 1.29 is 19.2 Å². The van der Waals surface area contributed by atoms with E-state index in [1.165, 1.54) is 24.9 Å². The average molecular weight is 381 g/mol. The molecule has 0 radical (unpaired) electrons. The number of carbonyl (C=O) groups is 1. The number of thioether (sulfide) groups is 1. The highest BCUT2D eigenvalue weighted by atomic mass is 32.2. The number of methoxy groups -OCH3 is 1. The molecule has 0 aromatic carbocycles. The number of oxime groups is 1. The summed E-state index contributed by atoms with van der Waals surface area (Å²) >= 11 is 1.36. The normalized spacial score (nSPS) is 21.2. The summed E-state index contributed by atoms with van der Waals surface area (Å²) in [6.45, 7) is 5.32. The first kappa shape index (κ1) is 20.0. The highest BCUT2D eigenvalue weighted by Crippen LogP contribution is 2.30. The van der Waals surface area contributed by atoms with E-state index in [1.807, 2.05) is 6.92 Å². The molecule has 0 saturated carbocycles. The summed E-state index contributed by atoms with van der Waals surface area (Å²) < 4.78 is 10.4. The molecule has 1 aliphatic rings. The molecule has 0 aliphatic carbocycles. The first-order valence-electron chi connectivity index (χ1n) is 8.24. The Labute approximate surface area is 155 Å². The Hall–Kier alpha value is -2.29. The second-order valence-electron chi connectivity index (χ2n) is 6.20. The highest BCUT2D eigenvalue weighted by molar-refractivity contribution is 8.16. The quantitative estimate of drug-likeness (QED) is 0.426. The molecule has 2 rings (SSSR count). The molecule has 2 N–H and O–H groups in total. The van der Waals surface area contributed by atoms with Gasteiger partial charge < -0.3 is 19.7 Å². The van der Waals surface area contributed by atoms with E-state index in [4.69, 9.17) is 14.4 Å². The summed E-state index contributed by atoms with van der Waals surface area (Å²) in [7, 11) is 1.46. The van der Waals surface area contributed by atoms with Crippen molar-refractivity contribution in [3.8, 4) is 5.75 Å². The maximum atomic E-state index is 12.8. The Kier molecular flexibility index (Phi) is 6.47. The minimum atomic E-state index is -0.989. The molecule has 0 spiro atoms. The molecule has 2 unspecified atom stereocenters. The largest absolute Gasteiger partial charge is 0.496 e. The molecule has 1 amide bonds. The third kappa shape index (κ3) is 4.46. The van der Waals surface area contributed by atoms with E-state index in [0.29, 0.717) is 34.4 Å². The van der Waals surface area contributed by atoms with Crippen molar-refractivity contribution in [2.75, 3.05) is 12.9 Å². The Morgan fingerprint density at radius 3 is 2.92 bits per heavy atom. The lowest BCUT2D eigenvalue weighted by molar-refractivity contribution is -0.125. The summed E-state index contributed by atoms with van der Waals surface area (Å²) in [4.78, 5) is 29.0. The van der Waals surface area contributed by atoms with Gasteiger partial charge in [0.2, 0.25) is 5.91 Å². The van der Waals surface area contributed by atoms with Crippen molar-refractivity contribution in [1.82, 2.24) is 5.32 Å². The van der Waals surface area contributed by atoms with Gasteiger partial charge in [-0.2, -0.15) is 0 Å². The summed E-state index contributed by atoms with van der Waals surface area (Å²) in [5, 5.41) is 15.5. The molecule has 2 atom stereocenters. The molecule has 1 aromatic rings. The Morgan fingerprint density at radius 2 is 2.31 bits per heavy atom. The molecule has 8 nitrogen and oxygen atoms in total. The molecular formula is C17H23N3O5S. The molecule has 0 saturated heterocycles. The van der Waals surface area contributed by atoms with Gasteiger partial charge in [0.25, 0.3) is 0 Å². The number of hydrogen-bond donors (Lipinski definition) is 2. The number of amides is 1. The van der Waals surface area contributed by atoms with Gasteiger partial charge >= 0.3 is 5.63 Å². The summed E-state index contributed by atoms with van der Waals surface area (Å²) in [5.41, 5.74) is -1.15. The van der Waals surface area contributed by atoms with Gasteiger partial charge in [0, 0.05) is 11.8 Å². The zero-order valence-electron chi connectivity index (χ0n) is 15.2. The second kappa shape index (κ2) is 8.39. The van der Waals surface area contributed by atoms with Gasteiger partial charge in [-0.1, -0.05) is 18.5 Å². The third-order valence-corrected chi connectivity index (χ3v) is 5.38. The van der Waals surface area contributed by atoms with Gasteiger partial charge in [0.05, 0.1) is 19.2 Å². The van der Waals surface area contributed by atoms with Crippen LogP contribution in [0.3, 0.4) is 0 Å². The summed E-state index contributed by atoms with van der Waals surface area (Å²) in [6.07, 6.45) is 1.38. The third-order valence-electron chi connectivity index (χ3n) is 4.01. The van der Waals surface area contributed by atoms with Crippen LogP contribution in [0.4, 0.5) is 0 Å². The van der Waals surface area contributed by atoms with Crippen LogP contribution in [-0.4, -0.2) is 40.3 Å². The molecule has 142 valence electrons. The number of carbonyl (C=O) groups excluding carboxylic acids is 1. The van der Waals surface area contributed by atoms with Crippen LogP contribution in [0.25, 0.3) is 0 Å². The highest BCUT2D eigenvalue weighted by Gasteiger charge is 2.40. The zero-order valence-corrected chi connectivity index (χ0v) is 16.1.